The quantitative estimate of drug-likeness (QED) is 0.259. The number of morpholine rings is 3. The molecule has 0 spiro atoms. The highest BCUT2D eigenvalue weighted by atomic mass is 19.1. The summed E-state index contributed by atoms with van der Waals surface area (Å²) in [6.45, 7) is 10.1. The van der Waals surface area contributed by atoms with E-state index in [1.165, 1.54) is 25.7 Å². The van der Waals surface area contributed by atoms with Crippen molar-refractivity contribution < 1.29 is 28.2 Å². The fraction of sp³-hybridized carbons (Fsp3) is 0.886. The molecule has 4 heterocycles. The molecule has 6 fully saturated rings. The van der Waals surface area contributed by atoms with Crippen LogP contribution in [0.4, 0.5) is 4.39 Å². The summed E-state index contributed by atoms with van der Waals surface area (Å²) in [6.07, 6.45) is 10.2. The lowest BCUT2D eigenvalue weighted by Gasteiger charge is -2.61. The van der Waals surface area contributed by atoms with Crippen molar-refractivity contribution in [3.05, 3.63) is 11.8 Å². The minimum atomic E-state index is -1.20. The lowest BCUT2D eigenvalue weighted by Crippen LogP contribution is -2.73. The molecule has 0 radical (unpaired) electrons. The molecule has 11 heteroatoms. The molecule has 9 unspecified atom stereocenters. The van der Waals surface area contributed by atoms with E-state index in [-0.39, 0.29) is 41.9 Å². The molecule has 2 N–H and O–H groups in total. The van der Waals surface area contributed by atoms with E-state index in [1.54, 1.807) is 0 Å². The number of ether oxygens (including phenoxy) is 3. The van der Waals surface area contributed by atoms with E-state index in [4.69, 9.17) is 14.2 Å². The zero-order valence-electron chi connectivity index (χ0n) is 27.6. The van der Waals surface area contributed by atoms with Crippen LogP contribution < -0.4 is 10.6 Å². The molecule has 46 heavy (non-hydrogen) atoms. The van der Waals surface area contributed by atoms with Crippen LogP contribution in [0.3, 0.4) is 0 Å². The van der Waals surface area contributed by atoms with Gasteiger partial charge in [-0.15, -0.1) is 0 Å². The second-order valence-electron chi connectivity index (χ2n) is 14.9. The summed E-state index contributed by atoms with van der Waals surface area (Å²) in [5.74, 6) is 0.236. The van der Waals surface area contributed by atoms with Crippen LogP contribution in [0.15, 0.2) is 11.8 Å². The Hall–Kier alpha value is -1.63. The topological polar surface area (TPSA) is 95.6 Å². The Morgan fingerprint density at radius 3 is 2.26 bits per heavy atom. The third-order valence-electron chi connectivity index (χ3n) is 12.2. The molecule has 0 aromatic heterocycles. The van der Waals surface area contributed by atoms with Crippen molar-refractivity contribution in [1.82, 2.24) is 25.3 Å². The maximum absolute atomic E-state index is 16.2. The molecule has 258 valence electrons. The number of Topliss-reactive ketones (excluding diaryl/α,β-unsaturated/α-hetero) is 1. The first-order valence-corrected chi connectivity index (χ1v) is 18.5. The summed E-state index contributed by atoms with van der Waals surface area (Å²) < 4.78 is 34.0. The molecule has 0 bridgehead atoms. The molecule has 3 saturated heterocycles. The van der Waals surface area contributed by atoms with Crippen molar-refractivity contribution in [2.24, 2.45) is 17.8 Å². The summed E-state index contributed by atoms with van der Waals surface area (Å²) in [5.41, 5.74) is 0.212. The number of fused-ring (bicyclic) bond motifs is 3. The van der Waals surface area contributed by atoms with Gasteiger partial charge >= 0.3 is 0 Å². The van der Waals surface area contributed by atoms with Crippen LogP contribution in [0.2, 0.25) is 0 Å². The molecule has 3 aliphatic carbocycles. The molecule has 0 aromatic rings. The SMILES string of the molecule is O=C(NCCCCN1CCOCC1)C1=CN2C3CC4CCCCC4CC3OC3C(NCCCN4CCOCC4)C(F)CC(C1=O)C32. The molecule has 10 nitrogen and oxygen atoms in total. The van der Waals surface area contributed by atoms with E-state index in [1.807, 2.05) is 6.20 Å². The zero-order valence-corrected chi connectivity index (χ0v) is 27.6. The highest BCUT2D eigenvalue weighted by Gasteiger charge is 2.59. The third kappa shape index (κ3) is 7.20. The number of hydrogen-bond acceptors (Lipinski definition) is 9. The first-order valence-electron chi connectivity index (χ1n) is 18.5. The van der Waals surface area contributed by atoms with Crippen molar-refractivity contribution in [2.45, 2.75) is 101 Å². The van der Waals surface area contributed by atoms with E-state index in [0.717, 1.165) is 97.8 Å². The molecule has 3 saturated carbocycles. The number of rotatable bonds is 11. The van der Waals surface area contributed by atoms with Crippen LogP contribution in [0.1, 0.15) is 64.2 Å². The molecule has 7 rings (SSSR count). The Morgan fingerprint density at radius 1 is 0.870 bits per heavy atom. The maximum Gasteiger partial charge on any atom is 0.256 e. The van der Waals surface area contributed by atoms with Crippen molar-refractivity contribution in [1.29, 1.82) is 0 Å². The van der Waals surface area contributed by atoms with E-state index >= 15 is 4.39 Å². The second kappa shape index (κ2) is 15.3. The van der Waals surface area contributed by atoms with Crippen LogP contribution in [0.25, 0.3) is 0 Å². The Bertz CT molecular complexity index is 1080. The van der Waals surface area contributed by atoms with Gasteiger partial charge in [-0.05, 0) is 70.0 Å². The van der Waals surface area contributed by atoms with Gasteiger partial charge in [-0.3, -0.25) is 19.4 Å². The summed E-state index contributed by atoms with van der Waals surface area (Å²) in [4.78, 5) is 34.6. The minimum absolute atomic E-state index is 0.00171. The number of alkyl halides is 1. The van der Waals surface area contributed by atoms with Crippen molar-refractivity contribution >= 4 is 11.7 Å². The van der Waals surface area contributed by atoms with Gasteiger partial charge in [-0.1, -0.05) is 25.7 Å². The van der Waals surface area contributed by atoms with E-state index < -0.39 is 24.2 Å². The average Bonchev–Trinajstić information content (AvgIpc) is 3.08. The minimum Gasteiger partial charge on any atom is -0.379 e. The summed E-state index contributed by atoms with van der Waals surface area (Å²) in [7, 11) is 0. The number of ketones is 1. The smallest absolute Gasteiger partial charge is 0.256 e. The van der Waals surface area contributed by atoms with E-state index in [9.17, 15) is 9.59 Å². The van der Waals surface area contributed by atoms with Gasteiger partial charge in [0.1, 0.15) is 6.17 Å². The summed E-state index contributed by atoms with van der Waals surface area (Å²) >= 11 is 0. The molecule has 9 atom stereocenters. The van der Waals surface area contributed by atoms with Crippen molar-refractivity contribution in [3.8, 4) is 0 Å². The first kappa shape index (κ1) is 32.9. The molecule has 7 aliphatic rings. The summed E-state index contributed by atoms with van der Waals surface area (Å²) in [6, 6.07) is -0.560. The highest BCUT2D eigenvalue weighted by molar-refractivity contribution is 6.20. The third-order valence-corrected chi connectivity index (χ3v) is 12.2. The number of nitrogens with zero attached hydrogens (tertiary/aromatic N) is 3. The monoisotopic (exact) mass is 645 g/mol. The van der Waals surface area contributed by atoms with Gasteiger partial charge < -0.3 is 29.7 Å². The van der Waals surface area contributed by atoms with Gasteiger partial charge in [0.05, 0.1) is 62.3 Å². The van der Waals surface area contributed by atoms with Crippen molar-refractivity contribution in [3.63, 3.8) is 0 Å². The van der Waals surface area contributed by atoms with Crippen LogP contribution in [0, 0.1) is 17.8 Å². The van der Waals surface area contributed by atoms with Gasteiger partial charge in [0.25, 0.3) is 5.91 Å². The van der Waals surface area contributed by atoms with Gasteiger partial charge in [-0.2, -0.15) is 0 Å². The van der Waals surface area contributed by atoms with E-state index in [2.05, 4.69) is 25.3 Å². The standard InChI is InChI=1S/C35H56FN5O5/c36-28-22-26-32-34(31(28)37-9-5-11-40-14-18-45-19-15-40)46-30-21-25-7-2-1-6-24(25)20-29(30)41(32)23-27(33(26)42)35(43)38-8-3-4-10-39-12-16-44-17-13-39/h23-26,28-32,34,37H,1-22H2,(H,38,43). The second-order valence-corrected chi connectivity index (χ2v) is 14.9. The normalized spacial score (nSPS) is 38.4. The fourth-order valence-corrected chi connectivity index (χ4v) is 9.67. The predicted octanol–water partition coefficient (Wildman–Crippen LogP) is 2.13. The van der Waals surface area contributed by atoms with Crippen LogP contribution >= 0.6 is 0 Å². The maximum atomic E-state index is 16.2. The van der Waals surface area contributed by atoms with Gasteiger partial charge in [0.2, 0.25) is 0 Å². The summed E-state index contributed by atoms with van der Waals surface area (Å²) in [5, 5.41) is 6.60. The lowest BCUT2D eigenvalue weighted by atomic mass is 9.65. The van der Waals surface area contributed by atoms with E-state index in [0.29, 0.717) is 24.9 Å². The molecular weight excluding hydrogens is 589 g/mol. The number of nitrogens with one attached hydrogen (secondary N) is 2. The number of carbonyl (C=O) groups is 2. The highest BCUT2D eigenvalue weighted by Crippen LogP contribution is 2.50. The Labute approximate surface area is 274 Å². The van der Waals surface area contributed by atoms with Gasteiger partial charge in [0, 0.05) is 44.8 Å². The van der Waals surface area contributed by atoms with Gasteiger partial charge in [0.15, 0.2) is 5.78 Å². The first-order chi connectivity index (χ1) is 22.6. The Morgan fingerprint density at radius 2 is 1.54 bits per heavy atom. The number of hydrogen-bond donors (Lipinski definition) is 2. The number of halogens is 1. The number of unbranched alkanes of at least 4 members (excludes halogenated alkanes) is 1. The fourth-order valence-electron chi connectivity index (χ4n) is 9.67. The Balaban J connectivity index is 1.03. The Kier molecular flexibility index (Phi) is 10.9. The largest absolute Gasteiger partial charge is 0.379 e. The van der Waals surface area contributed by atoms with Crippen LogP contribution in [-0.2, 0) is 23.8 Å². The van der Waals surface area contributed by atoms with Crippen LogP contribution in [-0.4, -0.2) is 142 Å². The lowest BCUT2D eigenvalue weighted by molar-refractivity contribution is -0.208. The zero-order chi connectivity index (χ0) is 31.5. The molecular formula is C35H56FN5O5. The van der Waals surface area contributed by atoms with Crippen LogP contribution in [0.5, 0.6) is 0 Å². The van der Waals surface area contributed by atoms with Crippen molar-refractivity contribution in [2.75, 3.05) is 78.8 Å². The average molecular weight is 646 g/mol. The predicted molar refractivity (Wildman–Crippen MR) is 172 cm³/mol. The van der Waals surface area contributed by atoms with Gasteiger partial charge in [-0.25, -0.2) is 4.39 Å². The molecule has 0 aromatic carbocycles. The molecule has 1 amide bonds. The molecule has 4 aliphatic heterocycles. The number of carbonyl (C=O) groups excluding carboxylic acids is 2. The number of amides is 1.